The summed E-state index contributed by atoms with van der Waals surface area (Å²) in [5.41, 5.74) is 0. The maximum Gasteiger partial charge on any atom is 0.322 e. The Morgan fingerprint density at radius 3 is 1.83 bits per heavy atom. The molecule has 0 rings (SSSR count). The highest BCUT2D eigenvalue weighted by atomic mass is 16.5. The number of carboxylic acids is 1. The van der Waals surface area contributed by atoms with Crippen LogP contribution in [0.1, 0.15) is 123 Å². The number of carbonyl (C=O) groups excluding carboxylic acids is 2. The second-order valence-electron chi connectivity index (χ2n) is 10.3. The molecule has 0 spiro atoms. The zero-order valence-electron chi connectivity index (χ0n) is 26.3. The lowest BCUT2D eigenvalue weighted by molar-refractivity contribution is -0.147. The van der Waals surface area contributed by atoms with Crippen molar-refractivity contribution in [2.45, 2.75) is 129 Å². The number of nitrogens with one attached hydrogen (secondary N) is 1. The molecule has 236 valence electrons. The van der Waals surface area contributed by atoms with Crippen LogP contribution < -0.4 is 5.32 Å². The largest absolute Gasteiger partial charge is 0.480 e. The van der Waals surface area contributed by atoms with E-state index in [0.717, 1.165) is 96.3 Å². The molecule has 0 aromatic rings. The van der Waals surface area contributed by atoms with Crippen molar-refractivity contribution in [1.29, 1.82) is 0 Å². The second kappa shape index (κ2) is 30.8. The molecule has 0 fully saturated rings. The SMILES string of the molecule is CC/C=C\C/C=C\C/C=C\C/C=C\C/C=C\CCCC(=O)OC(/C=C\CCCC)CCCCCCC(=O)NCC(=O)O. The van der Waals surface area contributed by atoms with Crippen molar-refractivity contribution in [2.75, 3.05) is 6.54 Å². The Morgan fingerprint density at radius 2 is 1.24 bits per heavy atom. The highest BCUT2D eigenvalue weighted by molar-refractivity contribution is 5.80. The maximum atomic E-state index is 12.4. The van der Waals surface area contributed by atoms with E-state index in [1.54, 1.807) is 0 Å². The minimum Gasteiger partial charge on any atom is -0.480 e. The molecular weight excluding hydrogens is 526 g/mol. The first-order valence-corrected chi connectivity index (χ1v) is 16.1. The molecule has 0 saturated heterocycles. The zero-order valence-corrected chi connectivity index (χ0v) is 26.3. The molecule has 1 amide bonds. The summed E-state index contributed by atoms with van der Waals surface area (Å²) in [5, 5.41) is 11.0. The molecule has 0 aromatic heterocycles. The van der Waals surface area contributed by atoms with Crippen LogP contribution in [0.2, 0.25) is 0 Å². The fraction of sp³-hybridized carbons (Fsp3) is 0.583. The summed E-state index contributed by atoms with van der Waals surface area (Å²) in [6, 6.07) is 0. The van der Waals surface area contributed by atoms with Crippen LogP contribution in [0.25, 0.3) is 0 Å². The van der Waals surface area contributed by atoms with E-state index in [9.17, 15) is 14.4 Å². The summed E-state index contributed by atoms with van der Waals surface area (Å²) in [6.45, 7) is 3.97. The van der Waals surface area contributed by atoms with E-state index in [2.05, 4.69) is 86.0 Å². The number of esters is 1. The first kappa shape index (κ1) is 38.9. The van der Waals surface area contributed by atoms with Crippen LogP contribution in [0.5, 0.6) is 0 Å². The van der Waals surface area contributed by atoms with Crippen LogP contribution in [-0.2, 0) is 19.1 Å². The van der Waals surface area contributed by atoms with Gasteiger partial charge in [-0.15, -0.1) is 0 Å². The molecular formula is C36H57NO5. The Morgan fingerprint density at radius 1 is 0.667 bits per heavy atom. The number of carbonyl (C=O) groups is 3. The van der Waals surface area contributed by atoms with Gasteiger partial charge >= 0.3 is 11.9 Å². The van der Waals surface area contributed by atoms with Crippen LogP contribution in [0, 0.1) is 0 Å². The van der Waals surface area contributed by atoms with Crippen molar-refractivity contribution >= 4 is 17.8 Å². The molecule has 0 bridgehead atoms. The van der Waals surface area contributed by atoms with Gasteiger partial charge in [0, 0.05) is 12.8 Å². The predicted molar refractivity (Wildman–Crippen MR) is 175 cm³/mol. The van der Waals surface area contributed by atoms with Crippen molar-refractivity contribution in [2.24, 2.45) is 0 Å². The summed E-state index contributed by atoms with van der Waals surface area (Å²) in [5.74, 6) is -1.42. The van der Waals surface area contributed by atoms with Crippen molar-refractivity contribution in [3.8, 4) is 0 Å². The number of rotatable bonds is 27. The van der Waals surface area contributed by atoms with Crippen LogP contribution in [0.3, 0.4) is 0 Å². The minimum atomic E-state index is -1.04. The monoisotopic (exact) mass is 583 g/mol. The van der Waals surface area contributed by atoms with Gasteiger partial charge in [0.25, 0.3) is 0 Å². The van der Waals surface area contributed by atoms with Crippen LogP contribution in [0.15, 0.2) is 72.9 Å². The molecule has 42 heavy (non-hydrogen) atoms. The molecule has 0 heterocycles. The third-order valence-corrected chi connectivity index (χ3v) is 6.35. The summed E-state index contributed by atoms with van der Waals surface area (Å²) < 4.78 is 5.76. The topological polar surface area (TPSA) is 92.7 Å². The molecule has 1 unspecified atom stereocenters. The highest BCUT2D eigenvalue weighted by Crippen LogP contribution is 2.13. The number of hydrogen-bond donors (Lipinski definition) is 2. The smallest absolute Gasteiger partial charge is 0.322 e. The first-order valence-electron chi connectivity index (χ1n) is 16.1. The number of ether oxygens (including phenoxy) is 1. The second-order valence-corrected chi connectivity index (χ2v) is 10.3. The quantitative estimate of drug-likeness (QED) is 0.0571. The summed E-state index contributed by atoms with van der Waals surface area (Å²) in [4.78, 5) is 34.5. The summed E-state index contributed by atoms with van der Waals surface area (Å²) in [6.07, 6.45) is 40.5. The Bertz CT molecular complexity index is 866. The lowest BCUT2D eigenvalue weighted by Crippen LogP contribution is -2.28. The summed E-state index contributed by atoms with van der Waals surface area (Å²) >= 11 is 0. The van der Waals surface area contributed by atoms with Gasteiger partial charge in [-0.05, 0) is 76.7 Å². The molecule has 6 heteroatoms. The van der Waals surface area contributed by atoms with Crippen molar-refractivity contribution in [1.82, 2.24) is 5.32 Å². The third kappa shape index (κ3) is 29.8. The van der Waals surface area contributed by atoms with Crippen molar-refractivity contribution < 1.29 is 24.2 Å². The Hall–Kier alpha value is -3.15. The zero-order chi connectivity index (χ0) is 30.9. The lowest BCUT2D eigenvalue weighted by atomic mass is 10.1. The number of amides is 1. The Kier molecular flexibility index (Phi) is 28.5. The van der Waals surface area contributed by atoms with E-state index < -0.39 is 5.97 Å². The first-order chi connectivity index (χ1) is 20.5. The van der Waals surface area contributed by atoms with Crippen LogP contribution in [0.4, 0.5) is 0 Å². The Labute approximate surface area is 255 Å². The fourth-order valence-electron chi connectivity index (χ4n) is 3.97. The van der Waals surface area contributed by atoms with Gasteiger partial charge in [-0.3, -0.25) is 14.4 Å². The molecule has 0 aliphatic heterocycles. The minimum absolute atomic E-state index is 0.150. The summed E-state index contributed by atoms with van der Waals surface area (Å²) in [7, 11) is 0. The molecule has 0 saturated carbocycles. The number of unbranched alkanes of at least 4 members (excludes halogenated alkanes) is 6. The molecule has 1 atom stereocenters. The molecule has 0 aromatic carbocycles. The van der Waals surface area contributed by atoms with E-state index >= 15 is 0 Å². The molecule has 0 radical (unpaired) electrons. The highest BCUT2D eigenvalue weighted by Gasteiger charge is 2.11. The van der Waals surface area contributed by atoms with E-state index in [0.29, 0.717) is 12.8 Å². The molecule has 0 aliphatic carbocycles. The van der Waals surface area contributed by atoms with Crippen LogP contribution >= 0.6 is 0 Å². The standard InChI is InChI=1S/C36H57NO5/c1-3-5-7-9-10-11-12-13-14-15-16-17-18-19-20-21-27-31-36(41)42-33(28-24-8-6-4-2)29-25-22-23-26-30-34(38)37-32-35(39)40/h5,7,10-11,13-14,16-17,19-20,24,28,33H,3-4,6,8-9,12,15,18,21-23,25-27,29-32H2,1-2H3,(H,37,38)(H,39,40)/b7-5-,11-10-,14-13-,17-16-,20-19-,28-24-. The number of allylic oxidation sites excluding steroid dienone is 11. The maximum absolute atomic E-state index is 12.4. The number of aliphatic carboxylic acids is 1. The van der Waals surface area contributed by atoms with Crippen molar-refractivity contribution in [3.05, 3.63) is 72.9 Å². The fourth-order valence-corrected chi connectivity index (χ4v) is 3.97. The van der Waals surface area contributed by atoms with E-state index in [1.165, 1.54) is 0 Å². The van der Waals surface area contributed by atoms with E-state index in [1.807, 2.05) is 6.08 Å². The van der Waals surface area contributed by atoms with Gasteiger partial charge in [0.05, 0.1) is 0 Å². The molecule has 0 aliphatic rings. The van der Waals surface area contributed by atoms with Crippen LogP contribution in [-0.4, -0.2) is 35.6 Å². The van der Waals surface area contributed by atoms with Gasteiger partial charge in [-0.25, -0.2) is 0 Å². The molecule has 2 N–H and O–H groups in total. The Balaban J connectivity index is 4.11. The van der Waals surface area contributed by atoms with E-state index in [-0.39, 0.29) is 24.5 Å². The van der Waals surface area contributed by atoms with Gasteiger partial charge in [0.15, 0.2) is 0 Å². The van der Waals surface area contributed by atoms with Crippen molar-refractivity contribution in [3.63, 3.8) is 0 Å². The average molecular weight is 584 g/mol. The van der Waals surface area contributed by atoms with Gasteiger partial charge in [-0.2, -0.15) is 0 Å². The normalized spacial score (nSPS) is 13.0. The molecule has 6 nitrogen and oxygen atoms in total. The van der Waals surface area contributed by atoms with Gasteiger partial charge in [-0.1, -0.05) is 106 Å². The number of carboxylic acid groups (broad SMARTS) is 1. The predicted octanol–water partition coefficient (Wildman–Crippen LogP) is 9.11. The van der Waals surface area contributed by atoms with E-state index in [4.69, 9.17) is 9.84 Å². The lowest BCUT2D eigenvalue weighted by Gasteiger charge is -2.14. The van der Waals surface area contributed by atoms with Gasteiger partial charge in [0.2, 0.25) is 5.91 Å². The number of hydrogen-bond acceptors (Lipinski definition) is 4. The van der Waals surface area contributed by atoms with Gasteiger partial charge in [0.1, 0.15) is 12.6 Å². The third-order valence-electron chi connectivity index (χ3n) is 6.35. The van der Waals surface area contributed by atoms with Gasteiger partial charge < -0.3 is 15.2 Å². The average Bonchev–Trinajstić information content (AvgIpc) is 2.97.